The fourth-order valence-corrected chi connectivity index (χ4v) is 2.58. The summed E-state index contributed by atoms with van der Waals surface area (Å²) in [6, 6.07) is 19.0. The minimum Gasteiger partial charge on any atom is -0.457 e. The molecule has 1 atom stereocenters. The zero-order chi connectivity index (χ0) is 12.9. The van der Waals surface area contributed by atoms with Gasteiger partial charge in [-0.25, -0.2) is 0 Å². The lowest BCUT2D eigenvalue weighted by molar-refractivity contribution is 0.481. The van der Waals surface area contributed by atoms with Gasteiger partial charge in [-0.3, -0.25) is 0 Å². The summed E-state index contributed by atoms with van der Waals surface area (Å²) >= 11 is 0. The summed E-state index contributed by atoms with van der Waals surface area (Å²) in [6.45, 7) is 1.16. The zero-order valence-corrected chi connectivity index (χ0v) is 11.0. The van der Waals surface area contributed by atoms with E-state index in [-0.39, 0.29) is 0 Å². The summed E-state index contributed by atoms with van der Waals surface area (Å²) in [5.41, 5.74) is 1.34. The van der Waals surface area contributed by atoms with E-state index < -0.39 is 0 Å². The third kappa shape index (κ3) is 3.36. The first-order valence-electron chi connectivity index (χ1n) is 6.95. The van der Waals surface area contributed by atoms with E-state index in [1.807, 2.05) is 36.4 Å². The Bertz CT molecular complexity index is 518. The fourth-order valence-electron chi connectivity index (χ4n) is 2.58. The Hall–Kier alpha value is -1.80. The van der Waals surface area contributed by atoms with Crippen molar-refractivity contribution in [3.8, 4) is 11.5 Å². The van der Waals surface area contributed by atoms with Gasteiger partial charge in [-0.2, -0.15) is 0 Å². The van der Waals surface area contributed by atoms with Crippen LogP contribution in [-0.4, -0.2) is 12.6 Å². The zero-order valence-electron chi connectivity index (χ0n) is 11.0. The van der Waals surface area contributed by atoms with E-state index in [0.717, 1.165) is 24.5 Å². The van der Waals surface area contributed by atoms with Gasteiger partial charge in [0, 0.05) is 6.04 Å². The molecule has 0 aliphatic carbocycles. The third-order valence-corrected chi connectivity index (χ3v) is 3.52. The standard InChI is InChI=1S/C17H19NO/c1-2-8-16(9-3-1)19-17-10-4-6-14(13-17)12-15-7-5-11-18-15/h1-4,6,8-10,13,15,18H,5,7,11-12H2/t15-/m1/s1. The Morgan fingerprint density at radius 2 is 1.84 bits per heavy atom. The lowest BCUT2D eigenvalue weighted by Gasteiger charge is -2.11. The normalized spacial score (nSPS) is 18.4. The molecule has 0 bridgehead atoms. The van der Waals surface area contributed by atoms with Crippen LogP contribution in [0.25, 0.3) is 0 Å². The Morgan fingerprint density at radius 1 is 1.00 bits per heavy atom. The van der Waals surface area contributed by atoms with Crippen molar-refractivity contribution in [2.45, 2.75) is 25.3 Å². The maximum Gasteiger partial charge on any atom is 0.127 e. The fraction of sp³-hybridized carbons (Fsp3) is 0.294. The van der Waals surface area contributed by atoms with E-state index in [2.05, 4.69) is 23.5 Å². The van der Waals surface area contributed by atoms with E-state index in [9.17, 15) is 0 Å². The van der Waals surface area contributed by atoms with Crippen LogP contribution in [0.3, 0.4) is 0 Å². The second kappa shape index (κ2) is 5.89. The van der Waals surface area contributed by atoms with Gasteiger partial charge in [0.15, 0.2) is 0 Å². The van der Waals surface area contributed by atoms with Crippen molar-refractivity contribution in [2.75, 3.05) is 6.54 Å². The van der Waals surface area contributed by atoms with Crippen molar-refractivity contribution < 1.29 is 4.74 Å². The number of nitrogens with one attached hydrogen (secondary N) is 1. The summed E-state index contributed by atoms with van der Waals surface area (Å²) < 4.78 is 5.86. The van der Waals surface area contributed by atoms with Crippen molar-refractivity contribution in [3.63, 3.8) is 0 Å². The van der Waals surface area contributed by atoms with Crippen molar-refractivity contribution in [3.05, 3.63) is 60.2 Å². The Labute approximate surface area is 114 Å². The molecule has 2 aromatic rings. The number of ether oxygens (including phenoxy) is 1. The molecule has 1 N–H and O–H groups in total. The molecule has 3 rings (SSSR count). The van der Waals surface area contributed by atoms with Gasteiger partial charge in [0.05, 0.1) is 0 Å². The first-order valence-corrected chi connectivity index (χ1v) is 6.95. The lowest BCUT2D eigenvalue weighted by atomic mass is 10.0. The van der Waals surface area contributed by atoms with Crippen molar-refractivity contribution in [1.82, 2.24) is 5.32 Å². The van der Waals surface area contributed by atoms with Gasteiger partial charge in [-0.15, -0.1) is 0 Å². The van der Waals surface area contributed by atoms with Gasteiger partial charge in [-0.1, -0.05) is 30.3 Å². The smallest absolute Gasteiger partial charge is 0.127 e. The Kier molecular flexibility index (Phi) is 3.80. The van der Waals surface area contributed by atoms with E-state index in [4.69, 9.17) is 4.74 Å². The van der Waals surface area contributed by atoms with Crippen LogP contribution in [0.5, 0.6) is 11.5 Å². The van der Waals surface area contributed by atoms with Crippen LogP contribution >= 0.6 is 0 Å². The minimum absolute atomic E-state index is 0.631. The van der Waals surface area contributed by atoms with Gasteiger partial charge >= 0.3 is 0 Å². The molecule has 0 saturated carbocycles. The lowest BCUT2D eigenvalue weighted by Crippen LogP contribution is -2.23. The summed E-state index contributed by atoms with van der Waals surface area (Å²) in [7, 11) is 0. The minimum atomic E-state index is 0.631. The number of rotatable bonds is 4. The molecule has 2 heteroatoms. The van der Waals surface area contributed by atoms with Gasteiger partial charge in [0.1, 0.15) is 11.5 Å². The molecular formula is C17H19NO. The molecule has 98 valence electrons. The second-order valence-electron chi connectivity index (χ2n) is 5.06. The maximum absolute atomic E-state index is 5.86. The summed E-state index contributed by atoms with van der Waals surface area (Å²) in [5, 5.41) is 3.53. The quantitative estimate of drug-likeness (QED) is 0.895. The first kappa shape index (κ1) is 12.2. The van der Waals surface area contributed by atoms with E-state index >= 15 is 0 Å². The Balaban J connectivity index is 1.69. The molecule has 0 aromatic heterocycles. The summed E-state index contributed by atoms with van der Waals surface area (Å²) in [4.78, 5) is 0. The van der Waals surface area contributed by atoms with Crippen molar-refractivity contribution in [2.24, 2.45) is 0 Å². The number of hydrogen-bond acceptors (Lipinski definition) is 2. The van der Waals surface area contributed by atoms with Gasteiger partial charge in [0.25, 0.3) is 0 Å². The van der Waals surface area contributed by atoms with Crippen LogP contribution in [0.15, 0.2) is 54.6 Å². The predicted octanol–water partition coefficient (Wildman–Crippen LogP) is 3.77. The predicted molar refractivity (Wildman–Crippen MR) is 77.7 cm³/mol. The SMILES string of the molecule is c1ccc(Oc2cccc(C[C@H]3CCCN3)c2)cc1. The molecule has 1 saturated heterocycles. The van der Waals surface area contributed by atoms with Crippen LogP contribution in [0, 0.1) is 0 Å². The van der Waals surface area contributed by atoms with Crippen LogP contribution in [0.2, 0.25) is 0 Å². The molecule has 1 aliphatic heterocycles. The Morgan fingerprint density at radius 3 is 2.63 bits per heavy atom. The molecule has 0 radical (unpaired) electrons. The molecule has 19 heavy (non-hydrogen) atoms. The maximum atomic E-state index is 5.86. The third-order valence-electron chi connectivity index (χ3n) is 3.52. The highest BCUT2D eigenvalue weighted by atomic mass is 16.5. The monoisotopic (exact) mass is 253 g/mol. The summed E-state index contributed by atoms with van der Waals surface area (Å²) in [5.74, 6) is 1.81. The molecule has 2 aromatic carbocycles. The average molecular weight is 253 g/mol. The highest BCUT2D eigenvalue weighted by molar-refractivity contribution is 5.34. The van der Waals surface area contributed by atoms with Gasteiger partial charge in [0.2, 0.25) is 0 Å². The number of benzene rings is 2. The van der Waals surface area contributed by atoms with Crippen LogP contribution in [-0.2, 0) is 6.42 Å². The molecule has 0 spiro atoms. The van der Waals surface area contributed by atoms with Gasteiger partial charge < -0.3 is 10.1 Å². The van der Waals surface area contributed by atoms with E-state index in [0.29, 0.717) is 6.04 Å². The van der Waals surface area contributed by atoms with Gasteiger partial charge in [-0.05, 0) is 55.6 Å². The van der Waals surface area contributed by atoms with Crippen LogP contribution < -0.4 is 10.1 Å². The highest BCUT2D eigenvalue weighted by Gasteiger charge is 2.14. The van der Waals surface area contributed by atoms with Crippen molar-refractivity contribution >= 4 is 0 Å². The molecule has 0 amide bonds. The van der Waals surface area contributed by atoms with Crippen molar-refractivity contribution in [1.29, 1.82) is 0 Å². The molecule has 1 aliphatic rings. The number of para-hydroxylation sites is 1. The molecule has 0 unspecified atom stereocenters. The van der Waals surface area contributed by atoms with Crippen LogP contribution in [0.1, 0.15) is 18.4 Å². The van der Waals surface area contributed by atoms with E-state index in [1.165, 1.54) is 18.4 Å². The first-order chi connectivity index (χ1) is 9.40. The van der Waals surface area contributed by atoms with E-state index in [1.54, 1.807) is 0 Å². The highest BCUT2D eigenvalue weighted by Crippen LogP contribution is 2.23. The molecule has 1 heterocycles. The molecule has 1 fully saturated rings. The van der Waals surface area contributed by atoms with Crippen LogP contribution in [0.4, 0.5) is 0 Å². The topological polar surface area (TPSA) is 21.3 Å². The number of hydrogen-bond donors (Lipinski definition) is 1. The molecular weight excluding hydrogens is 234 g/mol. The largest absolute Gasteiger partial charge is 0.457 e. The molecule has 2 nitrogen and oxygen atoms in total. The average Bonchev–Trinajstić information content (AvgIpc) is 2.93. The summed E-state index contributed by atoms with van der Waals surface area (Å²) in [6.07, 6.45) is 3.67. The second-order valence-corrected chi connectivity index (χ2v) is 5.06.